The van der Waals surface area contributed by atoms with Gasteiger partial charge in [0, 0.05) is 12.3 Å². The topological polar surface area (TPSA) is 277 Å². The Morgan fingerprint density at radius 2 is 1.85 bits per heavy atom. The van der Waals surface area contributed by atoms with Crippen molar-refractivity contribution in [3.63, 3.8) is 0 Å². The molecule has 2 fully saturated rings. The first-order chi connectivity index (χ1) is 17.9. The zero-order valence-corrected chi connectivity index (χ0v) is 22.4. The van der Waals surface area contributed by atoms with Crippen LogP contribution in [0.15, 0.2) is 21.9 Å². The number of hydrogen-bond donors (Lipinski definition) is 9. The number of aromatic nitrogens is 2. The van der Waals surface area contributed by atoms with Gasteiger partial charge >= 0.3 is 20.3 Å². The van der Waals surface area contributed by atoms with Gasteiger partial charge in [0.1, 0.15) is 42.2 Å². The molecule has 0 amide bonds. The molecule has 3 rings (SSSR count). The highest BCUT2D eigenvalue weighted by molar-refractivity contribution is 8.45. The summed E-state index contributed by atoms with van der Waals surface area (Å²) >= 11 is 3.50. The molecule has 0 saturated carbocycles. The molecule has 1 aromatic heterocycles. The van der Waals surface area contributed by atoms with E-state index >= 15 is 0 Å². The Morgan fingerprint density at radius 1 is 1.21 bits per heavy atom. The molecule has 12 atom stereocenters. The third-order valence-electron chi connectivity index (χ3n) is 5.84. The van der Waals surface area contributed by atoms with Crippen molar-refractivity contribution in [3.05, 3.63) is 33.1 Å². The highest BCUT2D eigenvalue weighted by Crippen LogP contribution is 2.66. The van der Waals surface area contributed by atoms with Crippen molar-refractivity contribution >= 4 is 26.9 Å². The smallest absolute Gasteiger partial charge is 0.393 e. The largest absolute Gasteiger partial charge is 0.482 e. The first-order valence-electron chi connectivity index (χ1n) is 10.9. The summed E-state index contributed by atoms with van der Waals surface area (Å²) < 4.78 is 63.5. The van der Waals surface area contributed by atoms with E-state index in [1.807, 2.05) is 4.98 Å². The van der Waals surface area contributed by atoms with E-state index in [2.05, 4.69) is 21.1 Å². The summed E-state index contributed by atoms with van der Waals surface area (Å²) in [5, 5.41) is 59.6. The van der Waals surface area contributed by atoms with Gasteiger partial charge in [0.15, 0.2) is 18.7 Å². The highest BCUT2D eigenvalue weighted by atomic mass is 32.7. The molecule has 39 heavy (non-hydrogen) atoms. The van der Waals surface area contributed by atoms with Gasteiger partial charge < -0.3 is 45.0 Å². The summed E-state index contributed by atoms with van der Waals surface area (Å²) in [5.41, 5.74) is -3.90. The Hall–Kier alpha value is -1.06. The van der Waals surface area contributed by atoms with Crippen molar-refractivity contribution in [1.29, 1.82) is 0 Å². The molecule has 224 valence electrons. The van der Waals surface area contributed by atoms with Gasteiger partial charge in [-0.3, -0.25) is 23.4 Å². The minimum Gasteiger partial charge on any atom is -0.393 e. The molecule has 0 radical (unpaired) electrons. The molecule has 0 aliphatic carbocycles. The first-order valence-corrected chi connectivity index (χ1v) is 15.1. The van der Waals surface area contributed by atoms with E-state index in [9.17, 15) is 53.5 Å². The van der Waals surface area contributed by atoms with Crippen LogP contribution in [0.3, 0.4) is 0 Å². The van der Waals surface area contributed by atoms with Crippen LogP contribution in [-0.4, -0.2) is 113 Å². The molecular weight excluding hydrogens is 601 g/mol. The summed E-state index contributed by atoms with van der Waals surface area (Å²) in [5.74, 6) is 0. The number of rotatable bonds is 10. The van der Waals surface area contributed by atoms with E-state index < -0.39 is 100.0 Å². The van der Waals surface area contributed by atoms with E-state index in [0.717, 1.165) is 23.8 Å². The van der Waals surface area contributed by atoms with Crippen molar-refractivity contribution in [2.24, 2.45) is 0 Å². The molecule has 7 unspecified atom stereocenters. The van der Waals surface area contributed by atoms with E-state index in [-0.39, 0.29) is 0 Å². The molecule has 3 heterocycles. The third-order valence-corrected chi connectivity index (χ3v) is 9.45. The van der Waals surface area contributed by atoms with E-state index in [0.29, 0.717) is 0 Å². The zero-order chi connectivity index (χ0) is 29.5. The lowest BCUT2D eigenvalue weighted by molar-refractivity contribution is -0.287. The second-order valence-corrected chi connectivity index (χ2v) is 13.2. The molecule has 2 aliphatic rings. The minimum absolute atomic E-state index is 0.747. The molecular formula is C17H27FN2O16P2S. The maximum absolute atomic E-state index is 13.8. The molecule has 22 heteroatoms. The summed E-state index contributed by atoms with van der Waals surface area (Å²) in [6, 6.07) is 0.942. The number of aliphatic hydroxyl groups is 6. The second-order valence-electron chi connectivity index (χ2n) is 8.77. The summed E-state index contributed by atoms with van der Waals surface area (Å²) in [6.45, 7) is -5.92. The summed E-state index contributed by atoms with van der Waals surface area (Å²) in [7, 11) is -5.56. The fraction of sp³-hybridized carbons (Fsp3) is 0.765. The molecule has 0 bridgehead atoms. The lowest BCUT2D eigenvalue weighted by Gasteiger charge is -2.41. The molecule has 1 aromatic rings. The Morgan fingerprint density at radius 3 is 2.44 bits per heavy atom. The van der Waals surface area contributed by atoms with Crippen LogP contribution in [0.5, 0.6) is 0 Å². The number of phosphoric ester groups is 1. The summed E-state index contributed by atoms with van der Waals surface area (Å²) in [4.78, 5) is 35.2. The van der Waals surface area contributed by atoms with Crippen LogP contribution < -0.4 is 11.2 Å². The SMILES string of the molecule is C[C@@]1(O)[C@H](O)[C@@H](COP(=O)(S)OP(=O)(O)OC2OC([C@@H](F)CO)C(O)C(O)C2O)O[C@H]1n1ccc(=O)[nH]c1=O. The molecule has 18 nitrogen and oxygen atoms in total. The van der Waals surface area contributed by atoms with Gasteiger partial charge in [-0.05, 0) is 6.92 Å². The van der Waals surface area contributed by atoms with E-state index in [1.54, 1.807) is 0 Å². The normalized spacial score (nSPS) is 39.1. The number of H-pyrrole nitrogens is 1. The van der Waals surface area contributed by atoms with Crippen molar-refractivity contribution in [1.82, 2.24) is 9.55 Å². The minimum atomic E-state index is -5.56. The average Bonchev–Trinajstić information content (AvgIpc) is 3.05. The number of phosphoric acid groups is 1. The Labute approximate surface area is 222 Å². The lowest BCUT2D eigenvalue weighted by Crippen LogP contribution is -2.60. The Balaban J connectivity index is 1.66. The van der Waals surface area contributed by atoms with Gasteiger partial charge in [0.05, 0.1) is 13.2 Å². The Kier molecular flexibility index (Phi) is 10.0. The van der Waals surface area contributed by atoms with Crippen LogP contribution in [0.25, 0.3) is 0 Å². The number of aromatic amines is 1. The third kappa shape index (κ3) is 7.24. The van der Waals surface area contributed by atoms with Gasteiger partial charge in [-0.15, -0.1) is 0 Å². The molecule has 8 N–H and O–H groups in total. The number of hydrogen-bond acceptors (Lipinski definition) is 15. The first kappa shape index (κ1) is 32.5. The average molecular weight is 628 g/mol. The second kappa shape index (κ2) is 12.0. The van der Waals surface area contributed by atoms with Gasteiger partial charge in [0.25, 0.3) is 5.56 Å². The van der Waals surface area contributed by atoms with Crippen LogP contribution in [0, 0.1) is 0 Å². The highest BCUT2D eigenvalue weighted by Gasteiger charge is 2.54. The van der Waals surface area contributed by atoms with Crippen LogP contribution in [0.4, 0.5) is 4.39 Å². The van der Waals surface area contributed by atoms with Crippen LogP contribution in [-0.2, 0) is 32.0 Å². The van der Waals surface area contributed by atoms with Crippen LogP contribution in [0.2, 0.25) is 0 Å². The number of ether oxygens (including phenoxy) is 2. The van der Waals surface area contributed by atoms with Gasteiger partial charge in [-0.1, -0.05) is 12.2 Å². The number of aliphatic hydroxyl groups excluding tert-OH is 5. The maximum Gasteiger partial charge on any atom is 0.482 e. The van der Waals surface area contributed by atoms with Crippen molar-refractivity contribution < 1.29 is 71.9 Å². The van der Waals surface area contributed by atoms with E-state index in [4.69, 9.17) is 19.1 Å². The fourth-order valence-electron chi connectivity index (χ4n) is 3.83. The number of nitrogens with one attached hydrogen (secondary N) is 1. The zero-order valence-electron chi connectivity index (χ0n) is 19.7. The van der Waals surface area contributed by atoms with Crippen LogP contribution >= 0.6 is 26.9 Å². The monoisotopic (exact) mass is 628 g/mol. The van der Waals surface area contributed by atoms with Crippen LogP contribution in [0.1, 0.15) is 13.2 Å². The molecule has 2 saturated heterocycles. The molecule has 0 aromatic carbocycles. The Bertz CT molecular complexity index is 1230. The maximum atomic E-state index is 13.8. The molecule has 0 spiro atoms. The van der Waals surface area contributed by atoms with Gasteiger partial charge in [-0.25, -0.2) is 18.3 Å². The predicted octanol–water partition coefficient (Wildman–Crippen LogP) is -3.13. The summed E-state index contributed by atoms with van der Waals surface area (Å²) in [6.07, 6.45) is -17.0. The fourth-order valence-corrected chi connectivity index (χ4v) is 7.01. The lowest BCUT2D eigenvalue weighted by atomic mass is 9.96. The number of thiol groups is 1. The number of halogens is 1. The molecule has 2 aliphatic heterocycles. The number of nitrogens with zero attached hydrogens (tertiary/aromatic N) is 1. The van der Waals surface area contributed by atoms with Gasteiger partial charge in [0.2, 0.25) is 0 Å². The number of alkyl halides is 1. The van der Waals surface area contributed by atoms with Crippen molar-refractivity contribution in [3.8, 4) is 0 Å². The van der Waals surface area contributed by atoms with Gasteiger partial charge in [-0.2, -0.15) is 4.31 Å². The standard InChI is InChI=1S/C17H27FN2O16P2S/c1-17(28)13(26)7(33-15(17)20-3-2-8(22)19-16(20)27)5-32-38(31,39)36-37(29,30)35-14-11(25)9(23)10(24)12(34-14)6(18)4-21/h2-3,6-7,9-15,21,23-26,28H,4-5H2,1H3,(H,29,30)(H,31,39)(H,19,22,27)/t6-,7+,9?,10?,11?,12?,13+,14?,15+,17+,38?/m0/s1. The van der Waals surface area contributed by atoms with Crippen molar-refractivity contribution in [2.45, 2.75) is 67.8 Å². The van der Waals surface area contributed by atoms with E-state index in [1.165, 1.54) is 0 Å². The predicted molar refractivity (Wildman–Crippen MR) is 125 cm³/mol. The quantitative estimate of drug-likeness (QED) is 0.0915. The van der Waals surface area contributed by atoms with Crippen molar-refractivity contribution in [2.75, 3.05) is 13.2 Å².